The highest BCUT2D eigenvalue weighted by Crippen LogP contribution is 2.49. The minimum atomic E-state index is -1.06. The lowest BCUT2D eigenvalue weighted by Gasteiger charge is -2.42. The van der Waals surface area contributed by atoms with Crippen molar-refractivity contribution < 1.29 is 19.4 Å². The molecule has 2 aromatic carbocycles. The molecule has 35 heavy (non-hydrogen) atoms. The molecule has 2 aliphatic heterocycles. The number of H-pyrrole nitrogens is 1. The van der Waals surface area contributed by atoms with Crippen LogP contribution in [-0.4, -0.2) is 64.1 Å². The number of methoxy groups -OCH3 is 1. The van der Waals surface area contributed by atoms with Crippen LogP contribution < -0.4 is 10.1 Å². The fraction of sp³-hybridized carbons (Fsp3) is 0.333. The normalized spacial score (nSPS) is 21.2. The van der Waals surface area contributed by atoms with Gasteiger partial charge in [0.05, 0.1) is 13.7 Å². The van der Waals surface area contributed by atoms with Crippen molar-refractivity contribution in [3.05, 3.63) is 59.3 Å². The molecule has 8 nitrogen and oxygen atoms in total. The molecule has 0 bridgehead atoms. The van der Waals surface area contributed by atoms with E-state index < -0.39 is 11.6 Å². The number of fused-ring (bicyclic) bond motifs is 4. The van der Waals surface area contributed by atoms with Crippen molar-refractivity contribution >= 4 is 22.8 Å². The number of phenolic OH excluding ortho intramolecular Hbond substituents is 1. The first-order valence-electron chi connectivity index (χ1n) is 11.7. The van der Waals surface area contributed by atoms with Crippen molar-refractivity contribution in [3.63, 3.8) is 0 Å². The molecule has 180 valence electrons. The molecular weight excluding hydrogens is 444 g/mol. The summed E-state index contributed by atoms with van der Waals surface area (Å²) in [7, 11) is 1.62. The van der Waals surface area contributed by atoms with Gasteiger partial charge >= 0.3 is 6.03 Å². The summed E-state index contributed by atoms with van der Waals surface area (Å²) in [5.41, 5.74) is 2.39. The van der Waals surface area contributed by atoms with E-state index in [9.17, 15) is 14.7 Å². The van der Waals surface area contributed by atoms with Crippen LogP contribution in [0.1, 0.15) is 36.2 Å². The number of carbonyl (C=O) groups is 2. The zero-order chi connectivity index (χ0) is 24.7. The number of aromatic hydroxyl groups is 1. The average molecular weight is 473 g/mol. The van der Waals surface area contributed by atoms with Crippen molar-refractivity contribution in [2.45, 2.75) is 31.3 Å². The van der Waals surface area contributed by atoms with E-state index in [0.717, 1.165) is 33.5 Å². The number of benzene rings is 2. The monoisotopic (exact) mass is 472 g/mol. The topological polar surface area (TPSA) is 97.9 Å². The van der Waals surface area contributed by atoms with Gasteiger partial charge in [0.15, 0.2) is 0 Å². The van der Waals surface area contributed by atoms with Crippen LogP contribution in [0.3, 0.4) is 0 Å². The number of phenols is 1. The van der Waals surface area contributed by atoms with Gasteiger partial charge in [0.1, 0.15) is 23.1 Å². The Labute approximate surface area is 203 Å². The number of hydrogen-bond acceptors (Lipinski definition) is 5. The maximum Gasteiger partial charge on any atom is 0.328 e. The molecule has 3 N–H and O–H groups in total. The number of nitrogens with one attached hydrogen (secondary N) is 2. The standard InChI is InChI=1S/C27H28N4O4/c1-4-11-28-12-6-13-30-25(33)27(2)16-21-20-15-19(35-3)9-10-22(20)29-23(21)24(31(27)26(30)34)17-7-5-8-18(32)14-17/h1,5,7-10,14-15,24,28-29,32H,6,11-13,16H2,2-3H3/t24-,27+/m1/s1. The SMILES string of the molecule is C#CCNCCCN1C(=O)N2[C@H](c3cccc(O)c3)c3[nH]c4ccc(OC)cc4c3C[C@@]2(C)C1=O. The maximum atomic E-state index is 13.8. The van der Waals surface area contributed by atoms with Gasteiger partial charge in [-0.2, -0.15) is 0 Å². The fourth-order valence-electron chi connectivity index (χ4n) is 5.38. The Morgan fingerprint density at radius 1 is 1.29 bits per heavy atom. The number of ether oxygens (including phenoxy) is 1. The number of terminal acetylenes is 1. The molecule has 0 unspecified atom stereocenters. The maximum absolute atomic E-state index is 13.8. The van der Waals surface area contributed by atoms with Crippen LogP contribution in [0.5, 0.6) is 11.5 Å². The Morgan fingerprint density at radius 2 is 2.11 bits per heavy atom. The second kappa shape index (κ2) is 8.67. The number of amides is 3. The number of nitrogens with zero attached hydrogens (tertiary/aromatic N) is 2. The minimum Gasteiger partial charge on any atom is -0.508 e. The molecule has 3 aromatic rings. The molecule has 2 atom stereocenters. The number of imide groups is 1. The molecule has 1 saturated heterocycles. The average Bonchev–Trinajstić information content (AvgIpc) is 3.29. The van der Waals surface area contributed by atoms with Crippen LogP contribution in [0.25, 0.3) is 10.9 Å². The minimum absolute atomic E-state index is 0.100. The third-order valence-corrected chi connectivity index (χ3v) is 7.02. The third-order valence-electron chi connectivity index (χ3n) is 7.02. The molecule has 2 aliphatic rings. The Bertz CT molecular complexity index is 1360. The van der Waals surface area contributed by atoms with Crippen LogP contribution >= 0.6 is 0 Å². The number of carbonyl (C=O) groups excluding carboxylic acids is 2. The number of rotatable bonds is 7. The van der Waals surface area contributed by atoms with E-state index in [4.69, 9.17) is 11.2 Å². The highest BCUT2D eigenvalue weighted by Gasteiger charge is 2.60. The summed E-state index contributed by atoms with van der Waals surface area (Å²) in [6.45, 7) is 3.19. The Balaban J connectivity index is 1.61. The lowest BCUT2D eigenvalue weighted by atomic mass is 9.81. The summed E-state index contributed by atoms with van der Waals surface area (Å²) >= 11 is 0. The smallest absolute Gasteiger partial charge is 0.328 e. The van der Waals surface area contributed by atoms with Gasteiger partial charge in [-0.1, -0.05) is 18.1 Å². The predicted octanol–water partition coefficient (Wildman–Crippen LogP) is 3.16. The van der Waals surface area contributed by atoms with Gasteiger partial charge in [-0.3, -0.25) is 14.6 Å². The highest BCUT2D eigenvalue weighted by molar-refractivity contribution is 6.08. The van der Waals surface area contributed by atoms with Gasteiger partial charge in [0, 0.05) is 29.6 Å². The first-order valence-corrected chi connectivity index (χ1v) is 11.7. The van der Waals surface area contributed by atoms with Gasteiger partial charge in [-0.05, 0) is 61.3 Å². The van der Waals surface area contributed by atoms with E-state index in [1.165, 1.54) is 4.90 Å². The zero-order valence-corrected chi connectivity index (χ0v) is 19.8. The van der Waals surface area contributed by atoms with Crippen LogP contribution in [0, 0.1) is 12.3 Å². The summed E-state index contributed by atoms with van der Waals surface area (Å²) < 4.78 is 5.44. The number of urea groups is 1. The molecule has 0 spiro atoms. The second-order valence-electron chi connectivity index (χ2n) is 9.22. The number of aromatic nitrogens is 1. The van der Waals surface area contributed by atoms with Gasteiger partial charge in [-0.25, -0.2) is 4.79 Å². The molecule has 3 amide bonds. The Kier molecular flexibility index (Phi) is 5.65. The molecule has 0 radical (unpaired) electrons. The number of hydrogen-bond donors (Lipinski definition) is 3. The van der Waals surface area contributed by atoms with Crippen molar-refractivity contribution in [3.8, 4) is 23.8 Å². The van der Waals surface area contributed by atoms with Gasteiger partial charge in [0.2, 0.25) is 0 Å². The quantitative estimate of drug-likeness (QED) is 0.279. The molecule has 8 heteroatoms. The zero-order valence-electron chi connectivity index (χ0n) is 19.8. The van der Waals surface area contributed by atoms with E-state index >= 15 is 0 Å². The highest BCUT2D eigenvalue weighted by atomic mass is 16.5. The lowest BCUT2D eigenvalue weighted by molar-refractivity contribution is -0.133. The number of aromatic amines is 1. The van der Waals surface area contributed by atoms with Crippen molar-refractivity contribution in [2.75, 3.05) is 26.7 Å². The second-order valence-corrected chi connectivity index (χ2v) is 9.22. The van der Waals surface area contributed by atoms with Crippen LogP contribution in [-0.2, 0) is 11.2 Å². The molecule has 0 aliphatic carbocycles. The first-order chi connectivity index (χ1) is 16.9. The first kappa shape index (κ1) is 22.8. The van der Waals surface area contributed by atoms with Crippen molar-refractivity contribution in [1.82, 2.24) is 20.1 Å². The Morgan fingerprint density at radius 3 is 2.86 bits per heavy atom. The molecule has 0 saturated carbocycles. The molecule has 3 heterocycles. The Hall–Kier alpha value is -3.96. The van der Waals surface area contributed by atoms with Crippen LogP contribution in [0.2, 0.25) is 0 Å². The summed E-state index contributed by atoms with van der Waals surface area (Å²) in [6.07, 6.45) is 6.26. The summed E-state index contributed by atoms with van der Waals surface area (Å²) in [5.74, 6) is 3.12. The molecule has 5 rings (SSSR count). The molecule has 1 aromatic heterocycles. The van der Waals surface area contributed by atoms with Crippen molar-refractivity contribution in [1.29, 1.82) is 0 Å². The largest absolute Gasteiger partial charge is 0.508 e. The van der Waals surface area contributed by atoms with E-state index in [0.29, 0.717) is 32.5 Å². The van der Waals surface area contributed by atoms with E-state index in [1.807, 2.05) is 31.2 Å². The van der Waals surface area contributed by atoms with E-state index in [2.05, 4.69) is 16.2 Å². The van der Waals surface area contributed by atoms with Crippen molar-refractivity contribution in [2.24, 2.45) is 0 Å². The summed E-state index contributed by atoms with van der Waals surface area (Å²) in [5, 5.41) is 14.3. The van der Waals surface area contributed by atoms with Gasteiger partial charge in [-0.15, -0.1) is 6.42 Å². The van der Waals surface area contributed by atoms with Gasteiger partial charge in [0.25, 0.3) is 5.91 Å². The third kappa shape index (κ3) is 3.60. The molecule has 1 fully saturated rings. The predicted molar refractivity (Wildman–Crippen MR) is 132 cm³/mol. The fourth-order valence-corrected chi connectivity index (χ4v) is 5.38. The summed E-state index contributed by atoms with van der Waals surface area (Å²) in [4.78, 5) is 34.0. The van der Waals surface area contributed by atoms with Crippen LogP contribution in [0.4, 0.5) is 4.79 Å². The molecular formula is C27H28N4O4. The van der Waals surface area contributed by atoms with E-state index in [1.54, 1.807) is 30.2 Å². The lowest BCUT2D eigenvalue weighted by Crippen LogP contribution is -2.53. The van der Waals surface area contributed by atoms with E-state index in [-0.39, 0.29) is 17.7 Å². The van der Waals surface area contributed by atoms with Crippen LogP contribution in [0.15, 0.2) is 42.5 Å². The summed E-state index contributed by atoms with van der Waals surface area (Å²) in [6, 6.07) is 11.8. The van der Waals surface area contributed by atoms with Gasteiger partial charge < -0.3 is 20.1 Å².